The van der Waals surface area contributed by atoms with Gasteiger partial charge in [-0.2, -0.15) is 0 Å². The fraction of sp³-hybridized carbons (Fsp3) is 0.800. The molecule has 0 spiro atoms. The Balaban J connectivity index is 4.11. The van der Waals surface area contributed by atoms with Crippen molar-refractivity contribution in [1.82, 2.24) is 5.32 Å². The van der Waals surface area contributed by atoms with Crippen LogP contribution in [0.4, 0.5) is 0 Å². The molecule has 0 fully saturated rings. The molecule has 0 aliphatic carbocycles. The van der Waals surface area contributed by atoms with Crippen molar-refractivity contribution in [3.63, 3.8) is 0 Å². The molecule has 0 saturated carbocycles. The predicted octanol–water partition coefficient (Wildman–Crippen LogP) is 1.40. The summed E-state index contributed by atoms with van der Waals surface area (Å²) < 4.78 is 0. The summed E-state index contributed by atoms with van der Waals surface area (Å²) in [5, 5.41) is 11.2. The van der Waals surface area contributed by atoms with Gasteiger partial charge in [0.05, 0.1) is 0 Å². The Morgan fingerprint density at radius 2 is 1.86 bits per heavy atom. The maximum Gasteiger partial charge on any atom is 0.326 e. The van der Waals surface area contributed by atoms with E-state index in [1.54, 1.807) is 6.92 Å². The number of carbonyl (C=O) groups excluding carboxylic acids is 1. The van der Waals surface area contributed by atoms with Crippen LogP contribution in [0.3, 0.4) is 0 Å². The van der Waals surface area contributed by atoms with E-state index >= 15 is 0 Å². The Hall–Kier alpha value is -1.06. The monoisotopic (exact) mass is 201 g/mol. The molecule has 82 valence electrons. The van der Waals surface area contributed by atoms with E-state index in [1.165, 1.54) is 0 Å². The zero-order valence-electron chi connectivity index (χ0n) is 9.26. The van der Waals surface area contributed by atoms with Crippen molar-refractivity contribution in [3.05, 3.63) is 0 Å². The van der Waals surface area contributed by atoms with Gasteiger partial charge in [0.2, 0.25) is 5.91 Å². The van der Waals surface area contributed by atoms with E-state index < -0.39 is 12.0 Å². The summed E-state index contributed by atoms with van der Waals surface area (Å²) in [6.07, 6.45) is 0.752. The average Bonchev–Trinajstić information content (AvgIpc) is 1.96. The first-order valence-electron chi connectivity index (χ1n) is 4.78. The van der Waals surface area contributed by atoms with Crippen molar-refractivity contribution < 1.29 is 14.7 Å². The van der Waals surface area contributed by atoms with E-state index in [4.69, 9.17) is 5.11 Å². The molecule has 1 atom stereocenters. The first-order valence-corrected chi connectivity index (χ1v) is 4.78. The molecule has 0 saturated heterocycles. The van der Waals surface area contributed by atoms with E-state index in [-0.39, 0.29) is 11.3 Å². The number of amides is 1. The second kappa shape index (κ2) is 4.98. The zero-order chi connectivity index (χ0) is 11.4. The van der Waals surface area contributed by atoms with E-state index in [9.17, 15) is 9.59 Å². The first-order chi connectivity index (χ1) is 6.26. The van der Waals surface area contributed by atoms with Crippen molar-refractivity contribution in [2.24, 2.45) is 5.41 Å². The first kappa shape index (κ1) is 12.9. The van der Waals surface area contributed by atoms with Crippen molar-refractivity contribution in [2.45, 2.75) is 46.6 Å². The van der Waals surface area contributed by atoms with Gasteiger partial charge in [-0.3, -0.25) is 4.79 Å². The summed E-state index contributed by atoms with van der Waals surface area (Å²) in [5.41, 5.74) is -0.110. The number of carboxylic acids is 1. The molecular formula is C10H19NO3. The van der Waals surface area contributed by atoms with Gasteiger partial charge < -0.3 is 10.4 Å². The molecule has 0 aromatic heterocycles. The standard InChI is InChI=1S/C10H19NO3/c1-5-7(9(13)14)11-8(12)6-10(2,3)4/h7H,5-6H2,1-4H3,(H,11,12)(H,13,14)/t7-/m1/s1. The van der Waals surface area contributed by atoms with Gasteiger partial charge in [0, 0.05) is 6.42 Å². The third kappa shape index (κ3) is 5.56. The molecule has 0 aliphatic heterocycles. The molecule has 4 heteroatoms. The van der Waals surface area contributed by atoms with E-state index in [0.29, 0.717) is 12.8 Å². The maximum absolute atomic E-state index is 11.4. The Kier molecular flexibility index (Phi) is 4.60. The zero-order valence-corrected chi connectivity index (χ0v) is 9.26. The lowest BCUT2D eigenvalue weighted by molar-refractivity contribution is -0.142. The third-order valence-electron chi connectivity index (χ3n) is 1.73. The van der Waals surface area contributed by atoms with Crippen LogP contribution in [0.2, 0.25) is 0 Å². The largest absolute Gasteiger partial charge is 0.480 e. The normalized spacial score (nSPS) is 13.4. The lowest BCUT2D eigenvalue weighted by Crippen LogP contribution is -2.41. The summed E-state index contributed by atoms with van der Waals surface area (Å²) in [4.78, 5) is 22.0. The van der Waals surface area contributed by atoms with Gasteiger partial charge in [-0.15, -0.1) is 0 Å². The molecule has 0 bridgehead atoms. The Bertz CT molecular complexity index is 218. The SMILES string of the molecule is CC[C@@H](NC(=O)CC(C)(C)C)C(=O)O. The van der Waals surface area contributed by atoms with Gasteiger partial charge in [-0.05, 0) is 11.8 Å². The highest BCUT2D eigenvalue weighted by Gasteiger charge is 2.21. The van der Waals surface area contributed by atoms with Gasteiger partial charge in [0.25, 0.3) is 0 Å². The van der Waals surface area contributed by atoms with Crippen LogP contribution in [0.5, 0.6) is 0 Å². The Morgan fingerprint density at radius 1 is 1.36 bits per heavy atom. The Labute approximate surface area is 84.7 Å². The fourth-order valence-corrected chi connectivity index (χ4v) is 1.07. The van der Waals surface area contributed by atoms with Gasteiger partial charge in [-0.1, -0.05) is 27.7 Å². The number of aliphatic carboxylic acids is 1. The van der Waals surface area contributed by atoms with Crippen LogP contribution >= 0.6 is 0 Å². The number of nitrogens with one attached hydrogen (secondary N) is 1. The molecule has 0 rings (SSSR count). The smallest absolute Gasteiger partial charge is 0.326 e. The summed E-state index contributed by atoms with van der Waals surface area (Å²) in [6, 6.07) is -0.759. The van der Waals surface area contributed by atoms with Gasteiger partial charge in [-0.25, -0.2) is 4.79 Å². The minimum Gasteiger partial charge on any atom is -0.480 e. The predicted molar refractivity (Wildman–Crippen MR) is 53.9 cm³/mol. The topological polar surface area (TPSA) is 66.4 Å². The van der Waals surface area contributed by atoms with Crippen molar-refractivity contribution >= 4 is 11.9 Å². The van der Waals surface area contributed by atoms with Crippen LogP contribution in [-0.4, -0.2) is 23.0 Å². The number of hydrogen-bond acceptors (Lipinski definition) is 2. The van der Waals surface area contributed by atoms with Gasteiger partial charge >= 0.3 is 5.97 Å². The highest BCUT2D eigenvalue weighted by atomic mass is 16.4. The lowest BCUT2D eigenvalue weighted by atomic mass is 9.92. The van der Waals surface area contributed by atoms with Crippen LogP contribution in [0, 0.1) is 5.41 Å². The number of hydrogen-bond donors (Lipinski definition) is 2. The van der Waals surface area contributed by atoms with Crippen LogP contribution in [0.15, 0.2) is 0 Å². The van der Waals surface area contributed by atoms with Gasteiger partial charge in [0.1, 0.15) is 6.04 Å². The van der Waals surface area contributed by atoms with Crippen LogP contribution in [-0.2, 0) is 9.59 Å². The van der Waals surface area contributed by atoms with Crippen LogP contribution < -0.4 is 5.32 Å². The molecule has 0 radical (unpaired) electrons. The van der Waals surface area contributed by atoms with Crippen molar-refractivity contribution in [1.29, 1.82) is 0 Å². The van der Waals surface area contributed by atoms with Crippen LogP contribution in [0.25, 0.3) is 0 Å². The fourth-order valence-electron chi connectivity index (χ4n) is 1.07. The maximum atomic E-state index is 11.4. The van der Waals surface area contributed by atoms with E-state index in [2.05, 4.69) is 5.32 Å². The number of carboxylic acid groups (broad SMARTS) is 1. The molecule has 0 aliphatic rings. The molecular weight excluding hydrogens is 182 g/mol. The van der Waals surface area contributed by atoms with Crippen LogP contribution in [0.1, 0.15) is 40.5 Å². The molecule has 0 aromatic rings. The summed E-state index contributed by atoms with van der Waals surface area (Å²) >= 11 is 0. The minimum absolute atomic E-state index is 0.110. The van der Waals surface area contributed by atoms with E-state index in [1.807, 2.05) is 20.8 Å². The molecule has 0 unspecified atom stereocenters. The highest BCUT2D eigenvalue weighted by Crippen LogP contribution is 2.17. The lowest BCUT2D eigenvalue weighted by Gasteiger charge is -2.19. The third-order valence-corrected chi connectivity index (χ3v) is 1.73. The molecule has 2 N–H and O–H groups in total. The Morgan fingerprint density at radius 3 is 2.14 bits per heavy atom. The van der Waals surface area contributed by atoms with Gasteiger partial charge in [0.15, 0.2) is 0 Å². The van der Waals surface area contributed by atoms with E-state index in [0.717, 1.165) is 0 Å². The second-order valence-electron chi connectivity index (χ2n) is 4.60. The number of rotatable bonds is 4. The molecule has 14 heavy (non-hydrogen) atoms. The summed E-state index contributed by atoms with van der Waals surface area (Å²) in [5.74, 6) is -1.18. The quantitative estimate of drug-likeness (QED) is 0.722. The van der Waals surface area contributed by atoms with Crippen molar-refractivity contribution in [2.75, 3.05) is 0 Å². The average molecular weight is 201 g/mol. The number of carbonyl (C=O) groups is 2. The highest BCUT2D eigenvalue weighted by molar-refractivity contribution is 5.83. The molecule has 1 amide bonds. The minimum atomic E-state index is -0.977. The second-order valence-corrected chi connectivity index (χ2v) is 4.60. The van der Waals surface area contributed by atoms with Crippen molar-refractivity contribution in [3.8, 4) is 0 Å². The molecule has 0 aromatic carbocycles. The molecule has 4 nitrogen and oxygen atoms in total. The summed E-state index contributed by atoms with van der Waals surface area (Å²) in [6.45, 7) is 7.55. The molecule has 0 heterocycles. The summed E-state index contributed by atoms with van der Waals surface area (Å²) in [7, 11) is 0.